The summed E-state index contributed by atoms with van der Waals surface area (Å²) in [5.41, 5.74) is 3.60. The van der Waals surface area contributed by atoms with Gasteiger partial charge in [-0.1, -0.05) is 30.3 Å². The average Bonchev–Trinajstić information content (AvgIpc) is 2.45. The molecule has 0 fully saturated rings. The Bertz CT molecular complexity index is 586. The Kier molecular flexibility index (Phi) is 5.23. The smallest absolute Gasteiger partial charge is 0.147 e. The van der Waals surface area contributed by atoms with E-state index in [0.29, 0.717) is 5.82 Å². The number of hydrogen-bond donors (Lipinski definition) is 2. The summed E-state index contributed by atoms with van der Waals surface area (Å²) in [6, 6.07) is 7.69. The average molecular weight is 309 g/mol. The summed E-state index contributed by atoms with van der Waals surface area (Å²) in [4.78, 5) is 10.1. The van der Waals surface area contributed by atoms with Gasteiger partial charge in [-0.3, -0.25) is 0 Å². The summed E-state index contributed by atoms with van der Waals surface area (Å²) < 4.78 is 0. The molecule has 0 radical (unpaired) electrons. The third kappa shape index (κ3) is 3.62. The number of anilines is 1. The fraction of sp³-hybridized carbons (Fsp3) is 0.286. The Morgan fingerprint density at radius 1 is 1.25 bits per heavy atom. The number of aromatic nitrogens is 2. The van der Waals surface area contributed by atoms with Crippen LogP contribution in [0.5, 0.6) is 0 Å². The van der Waals surface area contributed by atoms with E-state index in [-0.39, 0.29) is 0 Å². The lowest BCUT2D eigenvalue weighted by Crippen LogP contribution is -2.13. The van der Waals surface area contributed by atoms with Crippen molar-refractivity contribution in [3.63, 3.8) is 0 Å². The highest BCUT2D eigenvalue weighted by molar-refractivity contribution is 7.99. The molecule has 0 bridgehead atoms. The van der Waals surface area contributed by atoms with Crippen molar-refractivity contribution < 1.29 is 0 Å². The van der Waals surface area contributed by atoms with E-state index < -0.39 is 0 Å². The van der Waals surface area contributed by atoms with Crippen LogP contribution < -0.4 is 11.3 Å². The molecule has 0 aliphatic carbocycles. The maximum absolute atomic E-state index is 5.90. The Morgan fingerprint density at radius 2 is 1.95 bits per heavy atom. The lowest BCUT2D eigenvalue weighted by molar-refractivity contribution is 0.802. The summed E-state index contributed by atoms with van der Waals surface area (Å²) in [6.07, 6.45) is 1.83. The fourth-order valence-corrected chi connectivity index (χ4v) is 2.75. The number of rotatable bonds is 5. The van der Waals surface area contributed by atoms with Gasteiger partial charge in [-0.25, -0.2) is 15.8 Å². The minimum Gasteiger partial charge on any atom is -0.308 e. The molecule has 0 amide bonds. The van der Waals surface area contributed by atoms with Crippen LogP contribution in [0, 0.1) is 6.92 Å². The van der Waals surface area contributed by atoms with Crippen LogP contribution in [0.1, 0.15) is 24.7 Å². The molecule has 0 aliphatic rings. The zero-order chi connectivity index (χ0) is 14.5. The summed E-state index contributed by atoms with van der Waals surface area (Å²) in [6.45, 7) is 4.06. The number of benzene rings is 1. The van der Waals surface area contributed by atoms with Crippen molar-refractivity contribution in [2.24, 2.45) is 5.84 Å². The predicted octanol–water partition coefficient (Wildman–Crippen LogP) is 3.83. The van der Waals surface area contributed by atoms with Gasteiger partial charge in [0.05, 0.1) is 0 Å². The normalized spacial score (nSPS) is 10.6. The van der Waals surface area contributed by atoms with Gasteiger partial charge in [-0.05, 0) is 37.6 Å². The Labute approximate surface area is 128 Å². The van der Waals surface area contributed by atoms with E-state index in [2.05, 4.69) is 22.3 Å². The molecule has 0 unspecified atom stereocenters. The van der Waals surface area contributed by atoms with Crippen LogP contribution in [0.4, 0.5) is 5.82 Å². The van der Waals surface area contributed by atoms with Crippen molar-refractivity contribution in [2.75, 3.05) is 5.43 Å². The van der Waals surface area contributed by atoms with E-state index in [0.717, 1.165) is 39.2 Å². The van der Waals surface area contributed by atoms with E-state index in [1.807, 2.05) is 31.2 Å². The van der Waals surface area contributed by atoms with Gasteiger partial charge < -0.3 is 5.43 Å². The van der Waals surface area contributed by atoms with E-state index in [1.165, 1.54) is 0 Å². The quantitative estimate of drug-likeness (QED) is 0.499. The molecule has 0 saturated carbocycles. The first-order chi connectivity index (χ1) is 9.63. The summed E-state index contributed by atoms with van der Waals surface area (Å²) in [5, 5.41) is 1.64. The Morgan fingerprint density at radius 3 is 2.55 bits per heavy atom. The molecular weight excluding hydrogens is 292 g/mol. The number of nitrogen functional groups attached to an aromatic ring is 1. The minimum atomic E-state index is 0.680. The van der Waals surface area contributed by atoms with Crippen LogP contribution in [0.3, 0.4) is 0 Å². The number of nitrogens with one attached hydrogen (secondary N) is 1. The molecule has 0 atom stereocenters. The van der Waals surface area contributed by atoms with Crippen LogP contribution in [-0.2, 0) is 6.42 Å². The number of nitrogens with two attached hydrogens (primary N) is 1. The second-order valence-electron chi connectivity index (χ2n) is 4.37. The minimum absolute atomic E-state index is 0.680. The maximum Gasteiger partial charge on any atom is 0.147 e. The largest absolute Gasteiger partial charge is 0.308 e. The maximum atomic E-state index is 5.90. The third-order valence-corrected chi connectivity index (χ3v) is 4.14. The zero-order valence-corrected chi connectivity index (χ0v) is 13.1. The first kappa shape index (κ1) is 15.1. The highest BCUT2D eigenvalue weighted by Gasteiger charge is 2.11. The molecule has 0 aliphatic heterocycles. The standard InChI is InChI=1S/C14H17ClN4S/c1-3-4-12-17-13(19-16)9(2)14(18-12)20-11-7-5-10(15)6-8-11/h5-8H,3-4,16H2,1-2H3,(H,17,18,19). The van der Waals surface area contributed by atoms with Crippen LogP contribution in [0.25, 0.3) is 0 Å². The Balaban J connectivity index is 2.33. The molecule has 106 valence electrons. The highest BCUT2D eigenvalue weighted by Crippen LogP contribution is 2.31. The highest BCUT2D eigenvalue weighted by atomic mass is 35.5. The van der Waals surface area contributed by atoms with Gasteiger partial charge in [0.15, 0.2) is 0 Å². The first-order valence-electron chi connectivity index (χ1n) is 6.41. The van der Waals surface area contributed by atoms with Crippen molar-refractivity contribution in [1.29, 1.82) is 0 Å². The van der Waals surface area contributed by atoms with Crippen molar-refractivity contribution in [1.82, 2.24) is 9.97 Å². The van der Waals surface area contributed by atoms with Crippen molar-refractivity contribution in [3.05, 3.63) is 40.7 Å². The van der Waals surface area contributed by atoms with Crippen molar-refractivity contribution in [2.45, 2.75) is 36.6 Å². The van der Waals surface area contributed by atoms with Crippen molar-refractivity contribution >= 4 is 29.2 Å². The van der Waals surface area contributed by atoms with Crippen LogP contribution in [-0.4, -0.2) is 9.97 Å². The van der Waals surface area contributed by atoms with Gasteiger partial charge in [0.2, 0.25) is 0 Å². The first-order valence-corrected chi connectivity index (χ1v) is 7.61. The predicted molar refractivity (Wildman–Crippen MR) is 84.1 cm³/mol. The molecule has 1 aromatic heterocycles. The third-order valence-electron chi connectivity index (χ3n) is 2.79. The van der Waals surface area contributed by atoms with Gasteiger partial charge in [0.1, 0.15) is 16.7 Å². The van der Waals surface area contributed by atoms with Crippen LogP contribution >= 0.6 is 23.4 Å². The summed E-state index contributed by atoms with van der Waals surface area (Å²) in [5.74, 6) is 7.02. The molecule has 0 saturated heterocycles. The van der Waals surface area contributed by atoms with Gasteiger partial charge >= 0.3 is 0 Å². The molecule has 20 heavy (non-hydrogen) atoms. The van der Waals surface area contributed by atoms with Crippen molar-refractivity contribution in [3.8, 4) is 0 Å². The SMILES string of the molecule is CCCc1nc(NN)c(C)c(Sc2ccc(Cl)cc2)n1. The Hall–Kier alpha value is -1.30. The van der Waals surface area contributed by atoms with E-state index in [9.17, 15) is 0 Å². The van der Waals surface area contributed by atoms with E-state index in [4.69, 9.17) is 17.4 Å². The second-order valence-corrected chi connectivity index (χ2v) is 5.87. The number of halogens is 1. The molecule has 1 aromatic carbocycles. The number of hydrazine groups is 1. The zero-order valence-electron chi connectivity index (χ0n) is 11.5. The fourth-order valence-electron chi connectivity index (χ4n) is 1.73. The molecule has 4 nitrogen and oxygen atoms in total. The van der Waals surface area contributed by atoms with Gasteiger partial charge in [0.25, 0.3) is 0 Å². The molecule has 0 spiro atoms. The van der Waals surface area contributed by atoms with Gasteiger partial charge in [-0.2, -0.15) is 0 Å². The topological polar surface area (TPSA) is 63.8 Å². The van der Waals surface area contributed by atoms with E-state index >= 15 is 0 Å². The molecule has 6 heteroatoms. The number of aryl methyl sites for hydroxylation is 1. The molecular formula is C14H17ClN4S. The number of hydrogen-bond acceptors (Lipinski definition) is 5. The molecule has 2 rings (SSSR count). The second kappa shape index (κ2) is 6.92. The monoisotopic (exact) mass is 308 g/mol. The number of nitrogens with zero attached hydrogens (tertiary/aromatic N) is 2. The summed E-state index contributed by atoms with van der Waals surface area (Å²) in [7, 11) is 0. The van der Waals surface area contributed by atoms with Crippen LogP contribution in [0.2, 0.25) is 5.02 Å². The van der Waals surface area contributed by atoms with E-state index in [1.54, 1.807) is 11.8 Å². The van der Waals surface area contributed by atoms with Gasteiger partial charge in [-0.15, -0.1) is 0 Å². The summed E-state index contributed by atoms with van der Waals surface area (Å²) >= 11 is 7.49. The lowest BCUT2D eigenvalue weighted by atomic mass is 10.3. The van der Waals surface area contributed by atoms with Crippen LogP contribution in [0.15, 0.2) is 34.2 Å². The molecule has 3 N–H and O–H groups in total. The molecule has 2 aromatic rings. The lowest BCUT2D eigenvalue weighted by Gasteiger charge is -2.11. The molecule has 1 heterocycles. The van der Waals surface area contributed by atoms with Gasteiger partial charge in [0, 0.05) is 21.9 Å².